The maximum atomic E-state index is 12.2. The van der Waals surface area contributed by atoms with Crippen LogP contribution in [-0.2, 0) is 11.8 Å². The lowest BCUT2D eigenvalue weighted by Crippen LogP contribution is -2.26. The average molecular weight is 206 g/mol. The number of fused-ring (bicyclic) bond motifs is 2. The highest BCUT2D eigenvalue weighted by atomic mass is 16.5. The van der Waals surface area contributed by atoms with Gasteiger partial charge < -0.3 is 4.74 Å². The summed E-state index contributed by atoms with van der Waals surface area (Å²) < 4.78 is 7.34. The Labute approximate surface area is 88.2 Å². The second-order valence-electron chi connectivity index (χ2n) is 4.42. The van der Waals surface area contributed by atoms with E-state index in [9.17, 15) is 4.79 Å². The third-order valence-corrected chi connectivity index (χ3v) is 3.52. The van der Waals surface area contributed by atoms with Crippen LogP contribution in [0.3, 0.4) is 0 Å². The molecular weight excluding hydrogens is 192 g/mol. The largest absolute Gasteiger partial charge is 0.374 e. The van der Waals surface area contributed by atoms with Crippen LogP contribution in [0, 0.1) is 5.92 Å². The fourth-order valence-electron chi connectivity index (χ4n) is 2.72. The van der Waals surface area contributed by atoms with Crippen molar-refractivity contribution in [3.63, 3.8) is 0 Å². The maximum Gasteiger partial charge on any atom is 0.186 e. The average Bonchev–Trinajstić information content (AvgIpc) is 2.91. The van der Waals surface area contributed by atoms with Gasteiger partial charge in [0.15, 0.2) is 5.78 Å². The lowest BCUT2D eigenvalue weighted by atomic mass is 9.85. The number of hydrogen-bond donors (Lipinski definition) is 0. The SMILES string of the molecule is Cn1nccc1C(=O)C1CC2CCC1O2. The van der Waals surface area contributed by atoms with Crippen molar-refractivity contribution in [2.75, 3.05) is 0 Å². The molecule has 4 heteroatoms. The van der Waals surface area contributed by atoms with Gasteiger partial charge in [-0.3, -0.25) is 9.48 Å². The van der Waals surface area contributed by atoms with Crippen LogP contribution in [0.4, 0.5) is 0 Å². The van der Waals surface area contributed by atoms with E-state index in [0.29, 0.717) is 11.8 Å². The Morgan fingerprint density at radius 2 is 2.47 bits per heavy atom. The number of aromatic nitrogens is 2. The van der Waals surface area contributed by atoms with E-state index < -0.39 is 0 Å². The molecular formula is C11H14N2O2. The number of rotatable bonds is 2. The molecule has 3 heterocycles. The summed E-state index contributed by atoms with van der Waals surface area (Å²) in [6.07, 6.45) is 5.23. The van der Waals surface area contributed by atoms with Gasteiger partial charge in [-0.25, -0.2) is 0 Å². The molecule has 2 aliphatic rings. The zero-order chi connectivity index (χ0) is 10.4. The minimum Gasteiger partial charge on any atom is -0.374 e. The van der Waals surface area contributed by atoms with Gasteiger partial charge >= 0.3 is 0 Å². The highest BCUT2D eigenvalue weighted by Gasteiger charge is 2.44. The Morgan fingerprint density at radius 3 is 3.00 bits per heavy atom. The number of ether oxygens (including phenoxy) is 1. The minimum absolute atomic E-state index is 0.0687. The molecule has 2 aliphatic heterocycles. The number of ketones is 1. The first-order valence-electron chi connectivity index (χ1n) is 5.43. The predicted molar refractivity (Wildman–Crippen MR) is 53.5 cm³/mol. The molecule has 2 bridgehead atoms. The third kappa shape index (κ3) is 1.32. The van der Waals surface area contributed by atoms with Crippen molar-refractivity contribution in [2.24, 2.45) is 13.0 Å². The summed E-state index contributed by atoms with van der Waals surface area (Å²) in [5.41, 5.74) is 0.705. The van der Waals surface area contributed by atoms with Gasteiger partial charge in [0.05, 0.1) is 18.1 Å². The molecule has 3 unspecified atom stereocenters. The molecule has 0 spiro atoms. The van der Waals surface area contributed by atoms with E-state index in [1.807, 2.05) is 0 Å². The standard InChI is InChI=1S/C11H14N2O2/c1-13-9(4-5-12-13)11(14)8-6-7-2-3-10(8)15-7/h4-5,7-8,10H,2-3,6H2,1H3. The molecule has 3 rings (SSSR count). The van der Waals surface area contributed by atoms with E-state index in [1.54, 1.807) is 24.0 Å². The summed E-state index contributed by atoms with van der Waals surface area (Å²) in [5.74, 6) is 0.265. The fraction of sp³-hybridized carbons (Fsp3) is 0.636. The van der Waals surface area contributed by atoms with Gasteiger partial charge in [-0.05, 0) is 25.3 Å². The van der Waals surface area contributed by atoms with Gasteiger partial charge in [0.1, 0.15) is 5.69 Å². The van der Waals surface area contributed by atoms with Gasteiger partial charge in [0, 0.05) is 13.2 Å². The van der Waals surface area contributed by atoms with E-state index in [4.69, 9.17) is 4.74 Å². The summed E-state index contributed by atoms with van der Waals surface area (Å²) in [5, 5.41) is 4.03. The van der Waals surface area contributed by atoms with E-state index in [-0.39, 0.29) is 17.8 Å². The van der Waals surface area contributed by atoms with Gasteiger partial charge in [-0.1, -0.05) is 0 Å². The molecule has 0 aromatic carbocycles. The fourth-order valence-corrected chi connectivity index (χ4v) is 2.72. The summed E-state index contributed by atoms with van der Waals surface area (Å²) in [7, 11) is 1.81. The quantitative estimate of drug-likeness (QED) is 0.682. The van der Waals surface area contributed by atoms with Crippen LogP contribution < -0.4 is 0 Å². The zero-order valence-electron chi connectivity index (χ0n) is 8.72. The molecule has 1 aromatic rings. The van der Waals surface area contributed by atoms with Crippen molar-refractivity contribution in [3.8, 4) is 0 Å². The molecule has 2 saturated heterocycles. The predicted octanol–water partition coefficient (Wildman–Crippen LogP) is 1.17. The molecule has 0 amide bonds. The first-order chi connectivity index (χ1) is 7.25. The Kier molecular flexibility index (Phi) is 1.92. The third-order valence-electron chi connectivity index (χ3n) is 3.52. The first-order valence-corrected chi connectivity index (χ1v) is 5.43. The Balaban J connectivity index is 1.84. The second-order valence-corrected chi connectivity index (χ2v) is 4.42. The molecule has 80 valence electrons. The van der Waals surface area contributed by atoms with E-state index in [1.165, 1.54) is 0 Å². The van der Waals surface area contributed by atoms with Crippen molar-refractivity contribution < 1.29 is 9.53 Å². The smallest absolute Gasteiger partial charge is 0.186 e. The molecule has 2 fully saturated rings. The second kappa shape index (κ2) is 3.17. The molecule has 1 aromatic heterocycles. The lowest BCUT2D eigenvalue weighted by molar-refractivity contribution is 0.0736. The highest BCUT2D eigenvalue weighted by molar-refractivity contribution is 5.97. The molecule has 0 radical (unpaired) electrons. The van der Waals surface area contributed by atoms with E-state index in [0.717, 1.165) is 19.3 Å². The number of carbonyl (C=O) groups excluding carboxylic acids is 1. The molecule has 0 aliphatic carbocycles. The molecule has 0 saturated carbocycles. The molecule has 0 N–H and O–H groups in total. The van der Waals surface area contributed by atoms with Crippen molar-refractivity contribution >= 4 is 5.78 Å². The van der Waals surface area contributed by atoms with Gasteiger partial charge in [0.2, 0.25) is 0 Å². The van der Waals surface area contributed by atoms with Crippen LogP contribution >= 0.6 is 0 Å². The van der Waals surface area contributed by atoms with Crippen LogP contribution in [-0.4, -0.2) is 27.8 Å². The van der Waals surface area contributed by atoms with Crippen molar-refractivity contribution in [1.29, 1.82) is 0 Å². The maximum absolute atomic E-state index is 12.2. The number of nitrogens with zero attached hydrogens (tertiary/aromatic N) is 2. The number of aryl methyl sites for hydroxylation is 1. The Bertz CT molecular complexity index is 399. The van der Waals surface area contributed by atoms with Crippen molar-refractivity contribution in [1.82, 2.24) is 9.78 Å². The number of Topliss-reactive ketones (excluding diaryl/α,β-unsaturated/α-hetero) is 1. The van der Waals surface area contributed by atoms with Gasteiger partial charge in [-0.2, -0.15) is 5.10 Å². The van der Waals surface area contributed by atoms with Crippen LogP contribution in [0.5, 0.6) is 0 Å². The van der Waals surface area contributed by atoms with Crippen LogP contribution in [0.1, 0.15) is 29.8 Å². The highest BCUT2D eigenvalue weighted by Crippen LogP contribution is 2.40. The number of carbonyl (C=O) groups is 1. The van der Waals surface area contributed by atoms with Gasteiger partial charge in [0.25, 0.3) is 0 Å². The molecule has 4 nitrogen and oxygen atoms in total. The van der Waals surface area contributed by atoms with E-state index >= 15 is 0 Å². The zero-order valence-corrected chi connectivity index (χ0v) is 8.72. The number of hydrogen-bond acceptors (Lipinski definition) is 3. The summed E-state index contributed by atoms with van der Waals surface area (Å²) >= 11 is 0. The summed E-state index contributed by atoms with van der Waals surface area (Å²) in [6, 6.07) is 1.79. The van der Waals surface area contributed by atoms with Crippen LogP contribution in [0.15, 0.2) is 12.3 Å². The normalized spacial score (nSPS) is 33.5. The van der Waals surface area contributed by atoms with Gasteiger partial charge in [-0.15, -0.1) is 0 Å². The molecule has 15 heavy (non-hydrogen) atoms. The van der Waals surface area contributed by atoms with Crippen LogP contribution in [0.25, 0.3) is 0 Å². The van der Waals surface area contributed by atoms with Crippen LogP contribution in [0.2, 0.25) is 0 Å². The molecule has 3 atom stereocenters. The van der Waals surface area contributed by atoms with Crippen molar-refractivity contribution in [3.05, 3.63) is 18.0 Å². The Hall–Kier alpha value is -1.16. The van der Waals surface area contributed by atoms with Crippen molar-refractivity contribution in [2.45, 2.75) is 31.5 Å². The summed E-state index contributed by atoms with van der Waals surface area (Å²) in [6.45, 7) is 0. The van der Waals surface area contributed by atoms with E-state index in [2.05, 4.69) is 5.10 Å². The Morgan fingerprint density at radius 1 is 1.60 bits per heavy atom. The summed E-state index contributed by atoms with van der Waals surface area (Å²) in [4.78, 5) is 12.2. The first kappa shape index (κ1) is 9.09. The lowest BCUT2D eigenvalue weighted by Gasteiger charge is -2.16. The minimum atomic E-state index is 0.0687. The topological polar surface area (TPSA) is 44.1 Å². The monoisotopic (exact) mass is 206 g/mol.